The molecule has 0 radical (unpaired) electrons. The van der Waals surface area contributed by atoms with Crippen molar-refractivity contribution >= 4 is 16.7 Å². The zero-order valence-corrected chi connectivity index (χ0v) is 17.8. The van der Waals surface area contributed by atoms with Crippen LogP contribution in [-0.2, 0) is 11.8 Å². The number of morpholine rings is 1. The smallest absolute Gasteiger partial charge is 0.137 e. The number of benzene rings is 1. The monoisotopic (exact) mass is 406 g/mol. The summed E-state index contributed by atoms with van der Waals surface area (Å²) in [7, 11) is 1.98. The summed E-state index contributed by atoms with van der Waals surface area (Å²) in [6.07, 6.45) is 8.42. The van der Waals surface area contributed by atoms with E-state index in [4.69, 9.17) is 4.74 Å². The predicted octanol–water partition coefficient (Wildman–Crippen LogP) is 3.39. The Morgan fingerprint density at radius 2 is 1.87 bits per heavy atom. The molecule has 7 heteroatoms. The summed E-state index contributed by atoms with van der Waals surface area (Å²) in [5.74, 6) is 0.943. The maximum absolute atomic E-state index is 5.51. The Kier molecular flexibility index (Phi) is 5.39. The Balaban J connectivity index is 1.33. The van der Waals surface area contributed by atoms with Gasteiger partial charge in [-0.2, -0.15) is 5.10 Å². The summed E-state index contributed by atoms with van der Waals surface area (Å²) in [5, 5.41) is 9.20. The second-order valence-corrected chi connectivity index (χ2v) is 8.52. The number of hydrogen-bond acceptors (Lipinski definition) is 6. The van der Waals surface area contributed by atoms with Gasteiger partial charge in [-0.05, 0) is 50.3 Å². The Labute approximate surface area is 177 Å². The zero-order valence-electron chi connectivity index (χ0n) is 17.8. The van der Waals surface area contributed by atoms with Crippen molar-refractivity contribution in [1.82, 2.24) is 24.6 Å². The first kappa shape index (κ1) is 19.5. The molecular formula is C23H30N6O. The van der Waals surface area contributed by atoms with Gasteiger partial charge in [-0.1, -0.05) is 6.07 Å². The molecule has 7 nitrogen and oxygen atoms in total. The lowest BCUT2D eigenvalue weighted by Crippen LogP contribution is -2.46. The van der Waals surface area contributed by atoms with Crippen molar-refractivity contribution in [2.24, 2.45) is 7.05 Å². The predicted molar refractivity (Wildman–Crippen MR) is 119 cm³/mol. The van der Waals surface area contributed by atoms with Crippen molar-refractivity contribution in [2.45, 2.75) is 44.7 Å². The molecule has 158 valence electrons. The molecule has 1 aliphatic carbocycles. The number of aryl methyl sites for hydroxylation is 1. The average molecular weight is 407 g/mol. The van der Waals surface area contributed by atoms with Crippen LogP contribution in [0.4, 0.5) is 5.82 Å². The highest BCUT2D eigenvalue weighted by Crippen LogP contribution is 2.31. The summed E-state index contributed by atoms with van der Waals surface area (Å²) in [6, 6.07) is 7.57. The van der Waals surface area contributed by atoms with E-state index >= 15 is 0 Å². The van der Waals surface area contributed by atoms with E-state index in [0.717, 1.165) is 59.8 Å². The molecule has 0 spiro atoms. The molecule has 0 bridgehead atoms. The van der Waals surface area contributed by atoms with E-state index in [1.807, 2.05) is 17.9 Å². The van der Waals surface area contributed by atoms with Gasteiger partial charge in [-0.3, -0.25) is 9.58 Å². The standard InChI is InChI=1S/C23H30N6O/c1-16-21(14-26-28(16)2)17-3-8-22-20(13-17)23(25-15-24-22)27-18-4-6-19(7-5-18)29-9-11-30-12-10-29/h3,8,13-15,18-19H,4-7,9-12H2,1-2H3,(H,24,25,27). The van der Waals surface area contributed by atoms with Gasteiger partial charge in [0.25, 0.3) is 0 Å². The Morgan fingerprint density at radius 3 is 2.60 bits per heavy atom. The van der Waals surface area contributed by atoms with Crippen molar-refractivity contribution < 1.29 is 4.74 Å². The molecule has 1 saturated heterocycles. The third-order valence-corrected chi connectivity index (χ3v) is 6.78. The van der Waals surface area contributed by atoms with Crippen molar-refractivity contribution in [3.63, 3.8) is 0 Å². The van der Waals surface area contributed by atoms with E-state index in [9.17, 15) is 0 Å². The maximum Gasteiger partial charge on any atom is 0.137 e. The lowest BCUT2D eigenvalue weighted by molar-refractivity contribution is 0.00791. The Hall–Kier alpha value is -2.51. The summed E-state index contributed by atoms with van der Waals surface area (Å²) < 4.78 is 7.42. The number of rotatable bonds is 4. The average Bonchev–Trinajstić information content (AvgIpc) is 3.13. The number of hydrogen-bond donors (Lipinski definition) is 1. The topological polar surface area (TPSA) is 68.1 Å². The van der Waals surface area contributed by atoms with Gasteiger partial charge in [0.1, 0.15) is 12.1 Å². The van der Waals surface area contributed by atoms with Gasteiger partial charge in [0.2, 0.25) is 0 Å². The van der Waals surface area contributed by atoms with Crippen molar-refractivity contribution in [3.8, 4) is 11.1 Å². The SMILES string of the molecule is Cc1c(-c2ccc3ncnc(NC4CCC(N5CCOCC5)CC4)c3c2)cnn1C. The van der Waals surface area contributed by atoms with Crippen LogP contribution in [0.3, 0.4) is 0 Å². The molecule has 2 aliphatic rings. The largest absolute Gasteiger partial charge is 0.379 e. The minimum atomic E-state index is 0.462. The van der Waals surface area contributed by atoms with E-state index < -0.39 is 0 Å². The molecule has 1 N–H and O–H groups in total. The first-order chi connectivity index (χ1) is 14.7. The van der Waals surface area contributed by atoms with Gasteiger partial charge >= 0.3 is 0 Å². The second kappa shape index (κ2) is 8.32. The highest BCUT2D eigenvalue weighted by Gasteiger charge is 2.27. The molecule has 1 aliphatic heterocycles. The molecule has 0 unspecified atom stereocenters. The van der Waals surface area contributed by atoms with Crippen LogP contribution in [0.2, 0.25) is 0 Å². The van der Waals surface area contributed by atoms with Crippen LogP contribution < -0.4 is 5.32 Å². The highest BCUT2D eigenvalue weighted by atomic mass is 16.5. The first-order valence-corrected chi connectivity index (χ1v) is 11.0. The van der Waals surface area contributed by atoms with Crippen LogP contribution in [0.15, 0.2) is 30.7 Å². The lowest BCUT2D eigenvalue weighted by atomic mass is 9.90. The molecule has 0 atom stereocenters. The molecule has 30 heavy (non-hydrogen) atoms. The Morgan fingerprint density at radius 1 is 1.07 bits per heavy atom. The van der Waals surface area contributed by atoms with Gasteiger partial charge in [0.05, 0.1) is 24.9 Å². The normalized spacial score (nSPS) is 23.0. The molecule has 2 aromatic heterocycles. The lowest BCUT2D eigenvalue weighted by Gasteiger charge is -2.39. The second-order valence-electron chi connectivity index (χ2n) is 8.52. The zero-order chi connectivity index (χ0) is 20.5. The van der Waals surface area contributed by atoms with Crippen LogP contribution in [0.5, 0.6) is 0 Å². The number of fused-ring (bicyclic) bond motifs is 1. The van der Waals surface area contributed by atoms with Gasteiger partial charge in [0.15, 0.2) is 0 Å². The number of anilines is 1. The van der Waals surface area contributed by atoms with E-state index in [0.29, 0.717) is 12.1 Å². The van der Waals surface area contributed by atoms with Gasteiger partial charge in [-0.15, -0.1) is 0 Å². The molecule has 3 heterocycles. The molecule has 1 saturated carbocycles. The van der Waals surface area contributed by atoms with E-state index in [1.165, 1.54) is 25.7 Å². The molecule has 2 fully saturated rings. The minimum Gasteiger partial charge on any atom is -0.379 e. The molecule has 5 rings (SSSR count). The highest BCUT2D eigenvalue weighted by molar-refractivity contribution is 5.92. The number of nitrogens with one attached hydrogen (secondary N) is 1. The number of ether oxygens (including phenoxy) is 1. The van der Waals surface area contributed by atoms with Crippen LogP contribution >= 0.6 is 0 Å². The molecule has 0 amide bonds. The first-order valence-electron chi connectivity index (χ1n) is 11.0. The van der Waals surface area contributed by atoms with Crippen LogP contribution in [-0.4, -0.2) is 63.0 Å². The van der Waals surface area contributed by atoms with E-state index in [2.05, 4.69) is 50.4 Å². The fourth-order valence-electron chi connectivity index (χ4n) is 4.84. The minimum absolute atomic E-state index is 0.462. The Bertz CT molecular complexity index is 1020. The fourth-order valence-corrected chi connectivity index (χ4v) is 4.84. The quantitative estimate of drug-likeness (QED) is 0.716. The summed E-state index contributed by atoms with van der Waals surface area (Å²) in [4.78, 5) is 11.7. The van der Waals surface area contributed by atoms with Crippen LogP contribution in [0, 0.1) is 6.92 Å². The number of aromatic nitrogens is 4. The van der Waals surface area contributed by atoms with E-state index in [1.54, 1.807) is 6.33 Å². The number of nitrogens with zero attached hydrogens (tertiary/aromatic N) is 5. The fraction of sp³-hybridized carbons (Fsp3) is 0.522. The summed E-state index contributed by atoms with van der Waals surface area (Å²) >= 11 is 0. The maximum atomic E-state index is 5.51. The van der Waals surface area contributed by atoms with Gasteiger partial charge < -0.3 is 10.1 Å². The third kappa shape index (κ3) is 3.79. The molecular weight excluding hydrogens is 376 g/mol. The summed E-state index contributed by atoms with van der Waals surface area (Å²) in [5.41, 5.74) is 4.43. The molecule has 1 aromatic carbocycles. The van der Waals surface area contributed by atoms with Crippen molar-refractivity contribution in [2.75, 3.05) is 31.6 Å². The van der Waals surface area contributed by atoms with Crippen LogP contribution in [0.1, 0.15) is 31.4 Å². The third-order valence-electron chi connectivity index (χ3n) is 6.78. The summed E-state index contributed by atoms with van der Waals surface area (Å²) in [6.45, 7) is 6.01. The van der Waals surface area contributed by atoms with E-state index in [-0.39, 0.29) is 0 Å². The van der Waals surface area contributed by atoms with Gasteiger partial charge in [0, 0.05) is 48.9 Å². The van der Waals surface area contributed by atoms with Crippen molar-refractivity contribution in [1.29, 1.82) is 0 Å². The van der Waals surface area contributed by atoms with Crippen molar-refractivity contribution in [3.05, 3.63) is 36.4 Å². The molecule has 3 aromatic rings. The van der Waals surface area contributed by atoms with Gasteiger partial charge in [-0.25, -0.2) is 9.97 Å². The van der Waals surface area contributed by atoms with Crippen LogP contribution in [0.25, 0.3) is 22.0 Å².